The molecule has 2 aliphatic carbocycles. The predicted molar refractivity (Wildman–Crippen MR) is 89.6 cm³/mol. The van der Waals surface area contributed by atoms with Gasteiger partial charge in [0.25, 0.3) is 0 Å². The summed E-state index contributed by atoms with van der Waals surface area (Å²) in [5, 5.41) is 14.8. The van der Waals surface area contributed by atoms with E-state index in [1.807, 2.05) is 26.1 Å². The molecule has 1 aliphatic heterocycles. The molecule has 0 aromatic heterocycles. The van der Waals surface area contributed by atoms with Gasteiger partial charge >= 0.3 is 0 Å². The molecule has 0 saturated heterocycles. The Bertz CT molecular complexity index is 743. The standard InChI is InChI=1S/C19H23NO4/c1-11-10-12-4-5-14(23-3)16-15(12)18(8-9-20-2)17(24-16)13(21)6-7-19(11,18)22/h4-7,11,17,20,22H,8-10H2,1-3H3/t11-,17+,18+,19-/m1/s1. The quantitative estimate of drug-likeness (QED) is 0.873. The number of aliphatic hydroxyl groups is 1. The topological polar surface area (TPSA) is 67.8 Å². The van der Waals surface area contributed by atoms with Crippen molar-refractivity contribution in [3.05, 3.63) is 35.4 Å². The fourth-order valence-corrected chi connectivity index (χ4v) is 4.92. The van der Waals surface area contributed by atoms with Crippen LogP contribution in [-0.2, 0) is 16.6 Å². The summed E-state index contributed by atoms with van der Waals surface area (Å²) < 4.78 is 11.6. The maximum absolute atomic E-state index is 12.7. The van der Waals surface area contributed by atoms with Crippen LogP contribution in [0.2, 0.25) is 0 Å². The van der Waals surface area contributed by atoms with Gasteiger partial charge in [0.05, 0.1) is 18.1 Å². The van der Waals surface area contributed by atoms with E-state index in [2.05, 4.69) is 5.32 Å². The zero-order valence-electron chi connectivity index (χ0n) is 14.3. The van der Waals surface area contributed by atoms with Crippen molar-refractivity contribution < 1.29 is 19.4 Å². The van der Waals surface area contributed by atoms with Gasteiger partial charge in [-0.1, -0.05) is 13.0 Å². The average Bonchev–Trinajstić information content (AvgIpc) is 2.94. The molecule has 0 amide bonds. The highest BCUT2D eigenvalue weighted by atomic mass is 16.5. The monoisotopic (exact) mass is 329 g/mol. The number of carbonyl (C=O) groups is 1. The lowest BCUT2D eigenvalue weighted by molar-refractivity contribution is -0.137. The first kappa shape index (κ1) is 15.7. The van der Waals surface area contributed by atoms with Crippen molar-refractivity contribution in [2.75, 3.05) is 20.7 Å². The summed E-state index contributed by atoms with van der Waals surface area (Å²) in [6, 6.07) is 3.94. The molecule has 0 fully saturated rings. The van der Waals surface area contributed by atoms with Gasteiger partial charge < -0.3 is 19.9 Å². The van der Waals surface area contributed by atoms with Crippen molar-refractivity contribution in [3.8, 4) is 11.5 Å². The van der Waals surface area contributed by atoms with Crippen molar-refractivity contribution in [1.82, 2.24) is 5.32 Å². The fourth-order valence-electron chi connectivity index (χ4n) is 4.92. The minimum atomic E-state index is -1.10. The highest BCUT2D eigenvalue weighted by Gasteiger charge is 2.68. The molecule has 128 valence electrons. The second kappa shape index (κ2) is 5.07. The molecular formula is C19H23NO4. The molecule has 0 saturated carbocycles. The molecule has 1 heterocycles. The lowest BCUT2D eigenvalue weighted by Gasteiger charge is -2.53. The van der Waals surface area contributed by atoms with Crippen LogP contribution in [-0.4, -0.2) is 43.3 Å². The van der Waals surface area contributed by atoms with Gasteiger partial charge in [-0.15, -0.1) is 0 Å². The number of methoxy groups -OCH3 is 1. The number of benzene rings is 1. The van der Waals surface area contributed by atoms with E-state index in [1.165, 1.54) is 6.08 Å². The Kier molecular flexibility index (Phi) is 3.31. The molecule has 2 N–H and O–H groups in total. The summed E-state index contributed by atoms with van der Waals surface area (Å²) in [6.07, 6.45) is 3.86. The van der Waals surface area contributed by atoms with E-state index in [0.717, 1.165) is 17.5 Å². The van der Waals surface area contributed by atoms with Crippen molar-refractivity contribution >= 4 is 5.78 Å². The van der Waals surface area contributed by atoms with Gasteiger partial charge in [0.2, 0.25) is 0 Å². The maximum Gasteiger partial charge on any atom is 0.196 e. The third-order valence-electron chi connectivity index (χ3n) is 6.08. The Hall–Kier alpha value is -1.85. The molecule has 0 unspecified atom stereocenters. The first-order chi connectivity index (χ1) is 11.5. The van der Waals surface area contributed by atoms with Gasteiger partial charge in [-0.3, -0.25) is 4.79 Å². The molecule has 1 aromatic carbocycles. The average molecular weight is 329 g/mol. The van der Waals surface area contributed by atoms with E-state index in [-0.39, 0.29) is 11.7 Å². The van der Waals surface area contributed by atoms with Crippen molar-refractivity contribution in [1.29, 1.82) is 0 Å². The summed E-state index contributed by atoms with van der Waals surface area (Å²) in [7, 11) is 3.48. The number of ether oxygens (including phenoxy) is 2. The summed E-state index contributed by atoms with van der Waals surface area (Å²) in [6.45, 7) is 2.73. The first-order valence-electron chi connectivity index (χ1n) is 8.46. The van der Waals surface area contributed by atoms with Gasteiger partial charge in [0.15, 0.2) is 23.4 Å². The Labute approximate surface area is 141 Å². The molecule has 5 nitrogen and oxygen atoms in total. The summed E-state index contributed by atoms with van der Waals surface area (Å²) in [5.74, 6) is 1.15. The Morgan fingerprint density at radius 2 is 2.25 bits per heavy atom. The third kappa shape index (κ3) is 1.64. The SMILES string of the molecule is CNCC[C@]12c3c4ccc(OC)c3O[C@H]1C(=O)C=C[C@@]2(O)[C@H](C)C4. The number of ketones is 1. The second-order valence-electron chi connectivity index (χ2n) is 7.12. The predicted octanol–water partition coefficient (Wildman–Crippen LogP) is 1.37. The smallest absolute Gasteiger partial charge is 0.196 e. The van der Waals surface area contributed by atoms with E-state index in [0.29, 0.717) is 24.5 Å². The number of hydrogen-bond acceptors (Lipinski definition) is 5. The zero-order valence-corrected chi connectivity index (χ0v) is 14.3. The zero-order chi connectivity index (χ0) is 17.1. The molecule has 4 rings (SSSR count). The van der Waals surface area contributed by atoms with E-state index in [1.54, 1.807) is 13.2 Å². The van der Waals surface area contributed by atoms with Crippen LogP contribution in [0.15, 0.2) is 24.3 Å². The van der Waals surface area contributed by atoms with Gasteiger partial charge in [-0.2, -0.15) is 0 Å². The summed E-state index contributed by atoms with van der Waals surface area (Å²) in [4.78, 5) is 12.7. The highest BCUT2D eigenvalue weighted by Crippen LogP contribution is 2.62. The minimum absolute atomic E-state index is 0.00310. The van der Waals surface area contributed by atoms with Crippen LogP contribution in [0, 0.1) is 5.92 Å². The van der Waals surface area contributed by atoms with Gasteiger partial charge in [-0.05, 0) is 56.1 Å². The normalized spacial score (nSPS) is 35.6. The Morgan fingerprint density at radius 1 is 1.46 bits per heavy atom. The molecule has 0 spiro atoms. The van der Waals surface area contributed by atoms with E-state index in [9.17, 15) is 9.90 Å². The molecule has 1 aromatic rings. The second-order valence-corrected chi connectivity index (χ2v) is 7.12. The molecule has 5 heteroatoms. The van der Waals surface area contributed by atoms with Crippen molar-refractivity contribution in [3.63, 3.8) is 0 Å². The lowest BCUT2D eigenvalue weighted by atomic mass is 9.51. The van der Waals surface area contributed by atoms with Crippen molar-refractivity contribution in [2.24, 2.45) is 5.92 Å². The van der Waals surface area contributed by atoms with Crippen LogP contribution in [0.4, 0.5) is 0 Å². The molecule has 0 radical (unpaired) electrons. The number of hydrogen-bond donors (Lipinski definition) is 2. The van der Waals surface area contributed by atoms with Crippen LogP contribution in [0.1, 0.15) is 24.5 Å². The third-order valence-corrected chi connectivity index (χ3v) is 6.08. The van der Waals surface area contributed by atoms with Gasteiger partial charge in [0.1, 0.15) is 0 Å². The van der Waals surface area contributed by atoms with Crippen molar-refractivity contribution in [2.45, 2.75) is 36.9 Å². The Morgan fingerprint density at radius 3 is 2.96 bits per heavy atom. The van der Waals surface area contributed by atoms with Crippen LogP contribution in [0.3, 0.4) is 0 Å². The van der Waals surface area contributed by atoms with Gasteiger partial charge in [-0.25, -0.2) is 0 Å². The van der Waals surface area contributed by atoms with Crippen LogP contribution in [0.5, 0.6) is 11.5 Å². The van der Waals surface area contributed by atoms with Crippen LogP contribution in [0.25, 0.3) is 0 Å². The largest absolute Gasteiger partial charge is 0.493 e. The molecule has 24 heavy (non-hydrogen) atoms. The highest BCUT2D eigenvalue weighted by molar-refractivity contribution is 5.98. The van der Waals surface area contributed by atoms with Gasteiger partial charge in [0, 0.05) is 5.56 Å². The maximum atomic E-state index is 12.7. The van der Waals surface area contributed by atoms with E-state index in [4.69, 9.17) is 9.47 Å². The molecule has 0 bridgehead atoms. The molecule has 4 atom stereocenters. The Balaban J connectivity index is 2.05. The molecular weight excluding hydrogens is 306 g/mol. The number of carbonyl (C=O) groups excluding carboxylic acids is 1. The number of nitrogens with one attached hydrogen (secondary N) is 1. The van der Waals surface area contributed by atoms with E-state index < -0.39 is 17.1 Å². The molecule has 3 aliphatic rings. The number of rotatable bonds is 4. The first-order valence-corrected chi connectivity index (χ1v) is 8.46. The summed E-state index contributed by atoms with van der Waals surface area (Å²) >= 11 is 0. The lowest BCUT2D eigenvalue weighted by Crippen LogP contribution is -2.66. The van der Waals surface area contributed by atoms with Crippen LogP contribution >= 0.6 is 0 Å². The van der Waals surface area contributed by atoms with Crippen LogP contribution < -0.4 is 14.8 Å². The summed E-state index contributed by atoms with van der Waals surface area (Å²) in [5.41, 5.74) is 0.233. The fraction of sp³-hybridized carbons (Fsp3) is 0.526. The van der Waals surface area contributed by atoms with E-state index >= 15 is 0 Å². The minimum Gasteiger partial charge on any atom is -0.493 e.